The standard InChI is InChI=1S/C16H15F2N5O2S2/c1-16(17,18)10-7-26-14(20-10)12-21-11(19)8-6-9(27-13(8)22-12)15(24)23-2-4-25-5-3-23/h6-7H,2-5H2,1H3,(H2,19,21,22). The van der Waals surface area contributed by atoms with Gasteiger partial charge in [-0.2, -0.15) is 8.78 Å². The highest BCUT2D eigenvalue weighted by molar-refractivity contribution is 7.20. The number of fused-ring (bicyclic) bond motifs is 1. The first-order valence-corrected chi connectivity index (χ1v) is 9.81. The van der Waals surface area contributed by atoms with Crippen LogP contribution in [-0.2, 0) is 10.7 Å². The molecule has 3 aromatic heterocycles. The molecule has 7 nitrogen and oxygen atoms in total. The van der Waals surface area contributed by atoms with Crippen LogP contribution in [0.1, 0.15) is 22.3 Å². The smallest absolute Gasteiger partial charge is 0.287 e. The Labute approximate surface area is 160 Å². The van der Waals surface area contributed by atoms with Gasteiger partial charge in [0.05, 0.1) is 23.5 Å². The summed E-state index contributed by atoms with van der Waals surface area (Å²) in [5.74, 6) is -2.78. The van der Waals surface area contributed by atoms with Crippen LogP contribution < -0.4 is 5.73 Å². The summed E-state index contributed by atoms with van der Waals surface area (Å²) in [4.78, 5) is 27.9. The van der Waals surface area contributed by atoms with Gasteiger partial charge >= 0.3 is 0 Å². The number of alkyl halides is 2. The molecule has 0 atom stereocenters. The minimum atomic E-state index is -3.04. The Morgan fingerprint density at radius 3 is 2.70 bits per heavy atom. The van der Waals surface area contributed by atoms with E-state index in [1.807, 2.05) is 0 Å². The van der Waals surface area contributed by atoms with E-state index in [4.69, 9.17) is 10.5 Å². The predicted molar refractivity (Wildman–Crippen MR) is 99.2 cm³/mol. The Balaban J connectivity index is 1.69. The van der Waals surface area contributed by atoms with E-state index in [1.54, 1.807) is 11.0 Å². The van der Waals surface area contributed by atoms with Crippen molar-refractivity contribution in [1.82, 2.24) is 19.9 Å². The molecule has 3 aromatic rings. The number of nitrogens with zero attached hydrogens (tertiary/aromatic N) is 4. The van der Waals surface area contributed by atoms with Crippen LogP contribution in [0.2, 0.25) is 0 Å². The van der Waals surface area contributed by atoms with Gasteiger partial charge in [-0.05, 0) is 6.07 Å². The predicted octanol–water partition coefficient (Wildman–Crippen LogP) is 2.98. The lowest BCUT2D eigenvalue weighted by Gasteiger charge is -2.26. The Hall–Kier alpha value is -2.24. The Morgan fingerprint density at radius 2 is 2.04 bits per heavy atom. The van der Waals surface area contributed by atoms with Crippen molar-refractivity contribution in [3.8, 4) is 10.8 Å². The number of thiophene rings is 1. The van der Waals surface area contributed by atoms with Crippen LogP contribution in [0, 0.1) is 0 Å². The number of nitrogens with two attached hydrogens (primary N) is 1. The van der Waals surface area contributed by atoms with Gasteiger partial charge in [0.15, 0.2) is 10.8 Å². The molecule has 1 amide bonds. The fourth-order valence-corrected chi connectivity index (χ4v) is 4.48. The van der Waals surface area contributed by atoms with Crippen LogP contribution in [0.5, 0.6) is 0 Å². The average Bonchev–Trinajstić information content (AvgIpc) is 3.29. The van der Waals surface area contributed by atoms with Crippen LogP contribution in [0.25, 0.3) is 21.0 Å². The van der Waals surface area contributed by atoms with E-state index in [-0.39, 0.29) is 28.3 Å². The highest BCUT2D eigenvalue weighted by Gasteiger charge is 2.28. The zero-order chi connectivity index (χ0) is 19.2. The molecule has 0 bridgehead atoms. The number of amides is 1. The maximum atomic E-state index is 13.4. The minimum absolute atomic E-state index is 0.107. The molecule has 1 saturated heterocycles. The fourth-order valence-electron chi connectivity index (χ4n) is 2.64. The molecule has 2 N–H and O–H groups in total. The topological polar surface area (TPSA) is 94.2 Å². The molecular weight excluding hydrogens is 396 g/mol. The number of thiazole rings is 1. The summed E-state index contributed by atoms with van der Waals surface area (Å²) in [6.45, 7) is 2.88. The number of rotatable bonds is 3. The molecule has 0 saturated carbocycles. The zero-order valence-corrected chi connectivity index (χ0v) is 15.9. The molecule has 4 heterocycles. The number of carbonyl (C=O) groups excluding carboxylic acids is 1. The molecule has 1 aliphatic heterocycles. The summed E-state index contributed by atoms with van der Waals surface area (Å²) >= 11 is 2.23. The summed E-state index contributed by atoms with van der Waals surface area (Å²) in [5, 5.41) is 2.11. The van der Waals surface area contributed by atoms with Gasteiger partial charge in [-0.25, -0.2) is 15.0 Å². The molecular formula is C16H15F2N5O2S2. The summed E-state index contributed by atoms with van der Waals surface area (Å²) in [5.41, 5.74) is 5.68. The lowest BCUT2D eigenvalue weighted by atomic mass is 10.3. The van der Waals surface area contributed by atoms with Crippen molar-refractivity contribution in [2.75, 3.05) is 32.0 Å². The number of nitrogen functional groups attached to an aromatic ring is 1. The fraction of sp³-hybridized carbons (Fsp3) is 0.375. The van der Waals surface area contributed by atoms with E-state index in [2.05, 4.69) is 15.0 Å². The lowest BCUT2D eigenvalue weighted by molar-refractivity contribution is 0.0135. The highest BCUT2D eigenvalue weighted by Crippen LogP contribution is 2.34. The first-order valence-electron chi connectivity index (χ1n) is 8.11. The monoisotopic (exact) mass is 411 g/mol. The molecule has 27 heavy (non-hydrogen) atoms. The summed E-state index contributed by atoms with van der Waals surface area (Å²) in [6, 6.07) is 1.67. The van der Waals surface area contributed by atoms with Crippen molar-refractivity contribution >= 4 is 44.6 Å². The van der Waals surface area contributed by atoms with Gasteiger partial charge in [-0.1, -0.05) is 0 Å². The third-order valence-corrected chi connectivity index (χ3v) is 5.93. The van der Waals surface area contributed by atoms with Gasteiger partial charge in [-0.3, -0.25) is 4.79 Å². The van der Waals surface area contributed by atoms with Gasteiger partial charge in [0, 0.05) is 25.4 Å². The molecule has 4 rings (SSSR count). The van der Waals surface area contributed by atoms with Gasteiger partial charge in [0.25, 0.3) is 11.8 Å². The van der Waals surface area contributed by atoms with Crippen LogP contribution in [0.4, 0.5) is 14.6 Å². The van der Waals surface area contributed by atoms with Crippen molar-refractivity contribution in [2.24, 2.45) is 0 Å². The molecule has 0 aliphatic carbocycles. The molecule has 0 unspecified atom stereocenters. The van der Waals surface area contributed by atoms with Crippen LogP contribution in [0.15, 0.2) is 11.4 Å². The first kappa shape index (κ1) is 18.1. The SMILES string of the molecule is CC(F)(F)c1csc(-c2nc(N)c3cc(C(=O)N4CCOCC4)sc3n2)n1. The molecule has 1 aliphatic rings. The van der Waals surface area contributed by atoms with Crippen molar-refractivity contribution in [2.45, 2.75) is 12.8 Å². The number of morpholine rings is 1. The Bertz CT molecular complexity index is 1010. The molecule has 0 aromatic carbocycles. The van der Waals surface area contributed by atoms with Crippen LogP contribution in [0.3, 0.4) is 0 Å². The maximum absolute atomic E-state index is 13.4. The van der Waals surface area contributed by atoms with E-state index in [1.165, 1.54) is 16.7 Å². The second kappa shape index (κ2) is 6.73. The summed E-state index contributed by atoms with van der Waals surface area (Å²) in [7, 11) is 0. The third kappa shape index (κ3) is 3.49. The first-order chi connectivity index (χ1) is 12.8. The normalized spacial score (nSPS) is 15.4. The minimum Gasteiger partial charge on any atom is -0.383 e. The highest BCUT2D eigenvalue weighted by atomic mass is 32.1. The maximum Gasteiger partial charge on any atom is 0.287 e. The van der Waals surface area contributed by atoms with Crippen molar-refractivity contribution in [3.05, 3.63) is 22.0 Å². The average molecular weight is 411 g/mol. The quantitative estimate of drug-likeness (QED) is 0.712. The Kier molecular flexibility index (Phi) is 4.52. The number of hydrogen-bond acceptors (Lipinski definition) is 8. The third-order valence-electron chi connectivity index (χ3n) is 4.08. The lowest BCUT2D eigenvalue weighted by Crippen LogP contribution is -2.40. The van der Waals surface area contributed by atoms with Crippen LogP contribution >= 0.6 is 22.7 Å². The summed E-state index contributed by atoms with van der Waals surface area (Å²) < 4.78 is 32.1. The second-order valence-electron chi connectivity index (χ2n) is 6.09. The number of anilines is 1. The molecule has 0 radical (unpaired) electrons. The van der Waals surface area contributed by atoms with Crippen molar-refractivity contribution in [1.29, 1.82) is 0 Å². The molecule has 11 heteroatoms. The van der Waals surface area contributed by atoms with E-state index in [0.717, 1.165) is 18.3 Å². The number of ether oxygens (including phenoxy) is 1. The van der Waals surface area contributed by atoms with Crippen molar-refractivity contribution < 1.29 is 18.3 Å². The second-order valence-corrected chi connectivity index (χ2v) is 7.98. The molecule has 0 spiro atoms. The van der Waals surface area contributed by atoms with E-state index in [0.29, 0.717) is 41.4 Å². The number of aromatic nitrogens is 3. The molecule has 142 valence electrons. The van der Waals surface area contributed by atoms with Gasteiger partial charge < -0.3 is 15.4 Å². The van der Waals surface area contributed by atoms with Gasteiger partial charge in [-0.15, -0.1) is 22.7 Å². The summed E-state index contributed by atoms with van der Waals surface area (Å²) in [6.07, 6.45) is 0. The number of halogens is 2. The van der Waals surface area contributed by atoms with Gasteiger partial charge in [0.2, 0.25) is 0 Å². The zero-order valence-electron chi connectivity index (χ0n) is 14.2. The van der Waals surface area contributed by atoms with Gasteiger partial charge in [0.1, 0.15) is 16.3 Å². The number of carbonyl (C=O) groups is 1. The van der Waals surface area contributed by atoms with Crippen LogP contribution in [-0.4, -0.2) is 52.1 Å². The largest absolute Gasteiger partial charge is 0.383 e. The van der Waals surface area contributed by atoms with E-state index >= 15 is 0 Å². The number of hydrogen-bond donors (Lipinski definition) is 1. The Morgan fingerprint density at radius 1 is 1.30 bits per heavy atom. The van der Waals surface area contributed by atoms with Crippen molar-refractivity contribution in [3.63, 3.8) is 0 Å². The molecule has 1 fully saturated rings. The van der Waals surface area contributed by atoms with E-state index in [9.17, 15) is 13.6 Å². The van der Waals surface area contributed by atoms with E-state index < -0.39 is 5.92 Å².